The lowest BCUT2D eigenvalue weighted by Gasteiger charge is -2.23. The molecule has 94 valence electrons. The number of aromatic nitrogens is 2. The smallest absolute Gasteiger partial charge is 0.205 e. The van der Waals surface area contributed by atoms with Crippen LogP contribution in [0.5, 0.6) is 0 Å². The molecule has 1 aromatic heterocycles. The van der Waals surface area contributed by atoms with Crippen molar-refractivity contribution in [2.75, 3.05) is 11.4 Å². The topological polar surface area (TPSA) is 49.2 Å². The largest absolute Gasteiger partial charge is 0.391 e. The van der Waals surface area contributed by atoms with Crippen LogP contribution in [-0.4, -0.2) is 27.1 Å². The monoisotopic (exact) mass is 261 g/mol. The number of hydrogen-bond acceptors (Lipinski definition) is 5. The van der Waals surface area contributed by atoms with Crippen LogP contribution in [0.2, 0.25) is 0 Å². The molecular weight excluding hydrogens is 246 g/mol. The normalized spacial score (nSPS) is 23.6. The minimum absolute atomic E-state index is 0.202. The van der Waals surface area contributed by atoms with Gasteiger partial charge in [-0.2, -0.15) is 4.37 Å². The van der Waals surface area contributed by atoms with Gasteiger partial charge in [-0.05, 0) is 18.9 Å². The van der Waals surface area contributed by atoms with Crippen LogP contribution in [0.3, 0.4) is 0 Å². The summed E-state index contributed by atoms with van der Waals surface area (Å²) < 4.78 is 4.22. The Morgan fingerprint density at radius 2 is 2.11 bits per heavy atom. The van der Waals surface area contributed by atoms with Crippen LogP contribution < -0.4 is 4.90 Å². The maximum absolute atomic E-state index is 9.91. The lowest BCUT2D eigenvalue weighted by Crippen LogP contribution is -2.24. The number of aliphatic hydroxyl groups excluding tert-OH is 1. The average molecular weight is 261 g/mol. The number of anilines is 1. The Labute approximate surface area is 110 Å². The van der Waals surface area contributed by atoms with E-state index >= 15 is 0 Å². The summed E-state index contributed by atoms with van der Waals surface area (Å²) in [4.78, 5) is 6.58. The minimum atomic E-state index is -0.292. The van der Waals surface area contributed by atoms with Crippen LogP contribution in [0.1, 0.15) is 23.9 Å². The molecule has 0 aliphatic carbocycles. The highest BCUT2D eigenvalue weighted by molar-refractivity contribution is 7.09. The van der Waals surface area contributed by atoms with Gasteiger partial charge in [-0.25, -0.2) is 4.98 Å². The number of hydrogen-bond donors (Lipinski definition) is 1. The van der Waals surface area contributed by atoms with E-state index < -0.39 is 0 Å². The summed E-state index contributed by atoms with van der Waals surface area (Å²) in [6.07, 6.45) is 0.460. The van der Waals surface area contributed by atoms with E-state index in [4.69, 9.17) is 0 Å². The van der Waals surface area contributed by atoms with Gasteiger partial charge in [0.15, 0.2) is 0 Å². The first-order valence-corrected chi connectivity index (χ1v) is 6.81. The molecule has 2 aromatic rings. The van der Waals surface area contributed by atoms with Crippen molar-refractivity contribution >= 4 is 16.7 Å². The van der Waals surface area contributed by atoms with Crippen LogP contribution >= 0.6 is 11.5 Å². The molecular formula is C13H15N3OS. The fourth-order valence-electron chi connectivity index (χ4n) is 2.42. The van der Waals surface area contributed by atoms with E-state index in [-0.39, 0.29) is 12.1 Å². The molecule has 0 spiro atoms. The summed E-state index contributed by atoms with van der Waals surface area (Å²) in [5.41, 5.74) is 1.22. The van der Waals surface area contributed by atoms with E-state index in [9.17, 15) is 5.11 Å². The highest BCUT2D eigenvalue weighted by Crippen LogP contribution is 2.36. The number of aliphatic hydroxyl groups is 1. The molecule has 0 saturated carbocycles. The second-order valence-corrected chi connectivity index (χ2v) is 5.32. The molecule has 0 unspecified atom stereocenters. The van der Waals surface area contributed by atoms with E-state index in [1.165, 1.54) is 17.1 Å². The quantitative estimate of drug-likeness (QED) is 0.900. The third kappa shape index (κ3) is 2.11. The SMILES string of the molecule is Cc1nsc(N2C[C@H](O)C[C@@H]2c2ccccc2)n1. The number of rotatable bonds is 2. The Hall–Kier alpha value is -1.46. The highest BCUT2D eigenvalue weighted by Gasteiger charge is 2.33. The molecule has 0 amide bonds. The van der Waals surface area contributed by atoms with E-state index in [0.717, 1.165) is 17.4 Å². The Morgan fingerprint density at radius 3 is 2.78 bits per heavy atom. The molecule has 5 heteroatoms. The Bertz CT molecular complexity index is 528. The molecule has 0 radical (unpaired) electrons. The van der Waals surface area contributed by atoms with E-state index in [0.29, 0.717) is 6.54 Å². The van der Waals surface area contributed by atoms with E-state index in [2.05, 4.69) is 26.4 Å². The summed E-state index contributed by atoms with van der Waals surface area (Å²) in [6, 6.07) is 10.5. The van der Waals surface area contributed by atoms with Gasteiger partial charge in [0.1, 0.15) is 5.82 Å². The number of benzene rings is 1. The van der Waals surface area contributed by atoms with Gasteiger partial charge in [0.25, 0.3) is 0 Å². The third-order valence-electron chi connectivity index (χ3n) is 3.23. The zero-order valence-corrected chi connectivity index (χ0v) is 11.0. The molecule has 1 aliphatic heterocycles. The number of β-amino-alcohol motifs (C(OH)–C–C–N with tert-alkyl or cyclic N) is 1. The van der Waals surface area contributed by atoms with Gasteiger partial charge < -0.3 is 10.0 Å². The minimum Gasteiger partial charge on any atom is -0.391 e. The summed E-state index contributed by atoms with van der Waals surface area (Å²) >= 11 is 1.40. The number of nitrogens with zero attached hydrogens (tertiary/aromatic N) is 3. The molecule has 1 N–H and O–H groups in total. The molecule has 2 heterocycles. The van der Waals surface area contributed by atoms with Gasteiger partial charge in [0.2, 0.25) is 5.13 Å². The third-order valence-corrected chi connectivity index (χ3v) is 4.07. The molecule has 18 heavy (non-hydrogen) atoms. The van der Waals surface area contributed by atoms with Crippen molar-refractivity contribution < 1.29 is 5.11 Å². The standard InChI is InChI=1S/C13H15N3OS/c1-9-14-13(18-15-9)16-8-11(17)7-12(16)10-5-3-2-4-6-10/h2-6,11-12,17H,7-8H2,1H3/t11-,12-/m1/s1. The van der Waals surface area contributed by atoms with Gasteiger partial charge in [-0.3, -0.25) is 0 Å². The van der Waals surface area contributed by atoms with Crippen LogP contribution in [0.4, 0.5) is 5.13 Å². The molecule has 1 fully saturated rings. The highest BCUT2D eigenvalue weighted by atomic mass is 32.1. The molecule has 2 atom stereocenters. The van der Waals surface area contributed by atoms with Crippen molar-refractivity contribution in [1.29, 1.82) is 0 Å². The summed E-state index contributed by atoms with van der Waals surface area (Å²) in [5, 5.41) is 10.8. The zero-order valence-electron chi connectivity index (χ0n) is 10.2. The van der Waals surface area contributed by atoms with Crippen LogP contribution in [0, 0.1) is 6.92 Å². The predicted molar refractivity (Wildman–Crippen MR) is 71.8 cm³/mol. The molecule has 1 aliphatic rings. The predicted octanol–water partition coefficient (Wildman–Crippen LogP) is 2.16. The van der Waals surface area contributed by atoms with Crippen molar-refractivity contribution in [3.05, 3.63) is 41.7 Å². The first kappa shape index (κ1) is 11.6. The van der Waals surface area contributed by atoms with Gasteiger partial charge >= 0.3 is 0 Å². The van der Waals surface area contributed by atoms with Crippen LogP contribution in [-0.2, 0) is 0 Å². The van der Waals surface area contributed by atoms with Crippen molar-refractivity contribution in [2.24, 2.45) is 0 Å². The van der Waals surface area contributed by atoms with Crippen molar-refractivity contribution in [2.45, 2.75) is 25.5 Å². The van der Waals surface area contributed by atoms with E-state index in [1.54, 1.807) is 0 Å². The van der Waals surface area contributed by atoms with Gasteiger partial charge in [-0.1, -0.05) is 30.3 Å². The van der Waals surface area contributed by atoms with Gasteiger partial charge in [0, 0.05) is 18.1 Å². The van der Waals surface area contributed by atoms with Gasteiger partial charge in [-0.15, -0.1) is 0 Å². The fraction of sp³-hybridized carbons (Fsp3) is 0.385. The second-order valence-electron chi connectivity index (χ2n) is 4.59. The Kier molecular flexibility index (Phi) is 3.01. The lowest BCUT2D eigenvalue weighted by atomic mass is 10.0. The first-order chi connectivity index (χ1) is 8.74. The molecule has 1 saturated heterocycles. The van der Waals surface area contributed by atoms with Crippen molar-refractivity contribution in [3.63, 3.8) is 0 Å². The zero-order chi connectivity index (χ0) is 12.5. The first-order valence-electron chi connectivity index (χ1n) is 6.04. The van der Waals surface area contributed by atoms with Crippen LogP contribution in [0.25, 0.3) is 0 Å². The molecule has 4 nitrogen and oxygen atoms in total. The van der Waals surface area contributed by atoms with Gasteiger partial charge in [0.05, 0.1) is 12.1 Å². The van der Waals surface area contributed by atoms with Crippen LogP contribution in [0.15, 0.2) is 30.3 Å². The Balaban J connectivity index is 1.93. The number of aryl methyl sites for hydroxylation is 1. The summed E-state index contributed by atoms with van der Waals surface area (Å²) in [7, 11) is 0. The summed E-state index contributed by atoms with van der Waals surface area (Å²) in [6.45, 7) is 2.53. The van der Waals surface area contributed by atoms with Crippen molar-refractivity contribution in [3.8, 4) is 0 Å². The Morgan fingerprint density at radius 1 is 1.33 bits per heavy atom. The average Bonchev–Trinajstić information content (AvgIpc) is 2.96. The lowest BCUT2D eigenvalue weighted by molar-refractivity contribution is 0.194. The fourth-order valence-corrected chi connectivity index (χ4v) is 3.15. The molecule has 0 bridgehead atoms. The maximum atomic E-state index is 9.91. The maximum Gasteiger partial charge on any atom is 0.205 e. The van der Waals surface area contributed by atoms with E-state index in [1.807, 2.05) is 25.1 Å². The van der Waals surface area contributed by atoms with Crippen molar-refractivity contribution in [1.82, 2.24) is 9.36 Å². The molecule has 1 aromatic carbocycles. The summed E-state index contributed by atoms with van der Waals surface area (Å²) in [5.74, 6) is 0.795. The molecule has 3 rings (SSSR count). The second kappa shape index (κ2) is 4.66.